The molecular weight excluding hydrogens is 370 g/mol. The number of hydrogen-bond acceptors (Lipinski definition) is 1. The highest BCUT2D eigenvalue weighted by atomic mass is 79.9. The van der Waals surface area contributed by atoms with Crippen LogP contribution in [0.1, 0.15) is 40.6 Å². The third-order valence-electron chi connectivity index (χ3n) is 5.42. The van der Waals surface area contributed by atoms with Gasteiger partial charge >= 0.3 is 0 Å². The van der Waals surface area contributed by atoms with Crippen LogP contribution >= 0.6 is 15.9 Å². The van der Waals surface area contributed by atoms with Gasteiger partial charge in [0.2, 0.25) is 0 Å². The molecule has 0 N–H and O–H groups in total. The van der Waals surface area contributed by atoms with E-state index in [4.69, 9.17) is 0 Å². The van der Waals surface area contributed by atoms with Crippen LogP contribution in [0.3, 0.4) is 0 Å². The van der Waals surface area contributed by atoms with E-state index in [-0.39, 0.29) is 4.83 Å². The Kier molecular flexibility index (Phi) is 3.42. The van der Waals surface area contributed by atoms with Gasteiger partial charge in [-0.25, -0.2) is 0 Å². The Morgan fingerprint density at radius 1 is 1.08 bits per heavy atom. The zero-order chi connectivity index (χ0) is 17.0. The number of nitrogens with zero attached hydrogens (tertiary/aromatic N) is 1. The molecule has 0 bridgehead atoms. The van der Waals surface area contributed by atoms with E-state index in [9.17, 15) is 0 Å². The van der Waals surface area contributed by atoms with Gasteiger partial charge in [-0.3, -0.25) is 4.98 Å². The van der Waals surface area contributed by atoms with Gasteiger partial charge in [0, 0.05) is 6.20 Å². The Morgan fingerprint density at radius 2 is 1.96 bits per heavy atom. The average Bonchev–Trinajstić information content (AvgIpc) is 3.17. The van der Waals surface area contributed by atoms with Crippen molar-refractivity contribution in [3.05, 3.63) is 98.9 Å². The van der Waals surface area contributed by atoms with E-state index in [1.54, 1.807) is 0 Å². The molecule has 3 aliphatic carbocycles. The fourth-order valence-electron chi connectivity index (χ4n) is 4.16. The summed E-state index contributed by atoms with van der Waals surface area (Å²) in [5.74, 6) is 0. The van der Waals surface area contributed by atoms with Crippen molar-refractivity contribution in [3.8, 4) is 0 Å². The number of pyridine rings is 1. The van der Waals surface area contributed by atoms with E-state index < -0.39 is 0 Å². The van der Waals surface area contributed by atoms with Crippen LogP contribution in [0.4, 0.5) is 0 Å². The summed E-state index contributed by atoms with van der Waals surface area (Å²) in [7, 11) is 0. The van der Waals surface area contributed by atoms with E-state index in [0.29, 0.717) is 0 Å². The molecule has 1 unspecified atom stereocenters. The molecule has 5 rings (SSSR count). The van der Waals surface area contributed by atoms with E-state index in [2.05, 4.69) is 76.4 Å². The van der Waals surface area contributed by atoms with Gasteiger partial charge in [0.05, 0.1) is 10.5 Å². The SMILES string of the molecule is CC1=C(CC2=Cc3ccccc3C2)C2=Cc3ncccc3C(Br)C2=C1. The van der Waals surface area contributed by atoms with Crippen LogP contribution in [-0.4, -0.2) is 4.98 Å². The van der Waals surface area contributed by atoms with Gasteiger partial charge in [0.1, 0.15) is 0 Å². The minimum absolute atomic E-state index is 0.235. The second-order valence-electron chi connectivity index (χ2n) is 7.01. The lowest BCUT2D eigenvalue weighted by atomic mass is 9.87. The van der Waals surface area contributed by atoms with E-state index in [1.165, 1.54) is 44.6 Å². The number of rotatable bonds is 2. The second kappa shape index (κ2) is 5.67. The molecule has 1 nitrogen and oxygen atoms in total. The lowest BCUT2D eigenvalue weighted by Gasteiger charge is -2.23. The summed E-state index contributed by atoms with van der Waals surface area (Å²) < 4.78 is 0. The van der Waals surface area contributed by atoms with Crippen LogP contribution in [-0.2, 0) is 6.42 Å². The highest BCUT2D eigenvalue weighted by Crippen LogP contribution is 2.49. The van der Waals surface area contributed by atoms with Crippen LogP contribution in [0, 0.1) is 0 Å². The molecule has 3 aliphatic rings. The van der Waals surface area contributed by atoms with Crippen LogP contribution in [0.2, 0.25) is 0 Å². The van der Waals surface area contributed by atoms with Crippen molar-refractivity contribution < 1.29 is 0 Å². The normalized spacial score (nSPS) is 20.6. The van der Waals surface area contributed by atoms with Gasteiger partial charge in [-0.05, 0) is 70.9 Å². The highest BCUT2D eigenvalue weighted by Gasteiger charge is 2.31. The minimum atomic E-state index is 0.235. The Bertz CT molecular complexity index is 1020. The molecule has 0 aliphatic heterocycles. The third kappa shape index (κ3) is 2.39. The van der Waals surface area contributed by atoms with Crippen molar-refractivity contribution in [2.45, 2.75) is 24.6 Å². The number of alkyl halides is 1. The van der Waals surface area contributed by atoms with Gasteiger partial charge < -0.3 is 0 Å². The summed E-state index contributed by atoms with van der Waals surface area (Å²) in [4.78, 5) is 4.82. The molecule has 0 fully saturated rings. The summed E-state index contributed by atoms with van der Waals surface area (Å²) in [5, 5.41) is 0. The lowest BCUT2D eigenvalue weighted by Crippen LogP contribution is -2.07. The number of fused-ring (bicyclic) bond motifs is 3. The topological polar surface area (TPSA) is 12.9 Å². The summed E-state index contributed by atoms with van der Waals surface area (Å²) >= 11 is 3.89. The van der Waals surface area contributed by atoms with Crippen molar-refractivity contribution in [1.82, 2.24) is 4.98 Å². The summed E-state index contributed by atoms with van der Waals surface area (Å²) in [6, 6.07) is 12.9. The van der Waals surface area contributed by atoms with E-state index >= 15 is 0 Å². The molecule has 1 atom stereocenters. The molecule has 1 heterocycles. The summed E-state index contributed by atoms with van der Waals surface area (Å²) in [6.45, 7) is 2.24. The van der Waals surface area contributed by atoms with Gasteiger partial charge in [-0.1, -0.05) is 64.0 Å². The van der Waals surface area contributed by atoms with Gasteiger partial charge in [0.25, 0.3) is 0 Å². The van der Waals surface area contributed by atoms with Crippen LogP contribution in [0.25, 0.3) is 12.2 Å². The molecule has 1 aromatic heterocycles. The summed E-state index contributed by atoms with van der Waals surface area (Å²) in [5.41, 5.74) is 12.3. The fraction of sp³-hybridized carbons (Fsp3) is 0.174. The van der Waals surface area contributed by atoms with Crippen molar-refractivity contribution in [1.29, 1.82) is 0 Å². The molecule has 2 aromatic rings. The third-order valence-corrected chi connectivity index (χ3v) is 6.41. The average molecular weight is 388 g/mol. The van der Waals surface area contributed by atoms with Crippen molar-refractivity contribution in [2.24, 2.45) is 0 Å². The van der Waals surface area contributed by atoms with Crippen molar-refractivity contribution >= 4 is 28.1 Å². The second-order valence-corrected chi connectivity index (χ2v) is 7.93. The van der Waals surface area contributed by atoms with Crippen molar-refractivity contribution in [2.75, 3.05) is 0 Å². The molecular formula is C23H18BrN. The molecule has 0 saturated carbocycles. The molecule has 0 amide bonds. The first-order valence-corrected chi connectivity index (χ1v) is 9.62. The Balaban J connectivity index is 1.50. The monoisotopic (exact) mass is 387 g/mol. The van der Waals surface area contributed by atoms with E-state index in [0.717, 1.165) is 18.5 Å². The number of hydrogen-bond donors (Lipinski definition) is 0. The fourth-order valence-corrected chi connectivity index (χ4v) is 4.93. The molecule has 25 heavy (non-hydrogen) atoms. The predicted octanol–water partition coefficient (Wildman–Crippen LogP) is 6.20. The molecule has 122 valence electrons. The van der Waals surface area contributed by atoms with Crippen LogP contribution in [0.5, 0.6) is 0 Å². The van der Waals surface area contributed by atoms with Gasteiger partial charge in [-0.15, -0.1) is 0 Å². The number of halogens is 1. The molecule has 2 heteroatoms. The first-order valence-electron chi connectivity index (χ1n) is 8.71. The zero-order valence-corrected chi connectivity index (χ0v) is 15.7. The first kappa shape index (κ1) is 15.1. The Labute approximate surface area is 156 Å². The predicted molar refractivity (Wildman–Crippen MR) is 107 cm³/mol. The summed E-state index contributed by atoms with van der Waals surface area (Å²) in [6.07, 6.45) is 11.0. The maximum atomic E-state index is 4.58. The van der Waals surface area contributed by atoms with E-state index in [1.807, 2.05) is 12.3 Å². The number of allylic oxidation sites excluding steroid dienone is 6. The lowest BCUT2D eigenvalue weighted by molar-refractivity contribution is 1.03. The smallest absolute Gasteiger partial charge is 0.0682 e. The quantitative estimate of drug-likeness (QED) is 0.558. The number of aromatic nitrogens is 1. The zero-order valence-electron chi connectivity index (χ0n) is 14.1. The minimum Gasteiger partial charge on any atom is -0.257 e. The standard InChI is InChI=1S/C23H18BrN/c1-14-9-21-20(13-22-18(23(21)24)7-4-8-25-22)19(14)12-15-10-16-5-2-3-6-17(16)11-15/h2-10,13,23H,11-12H2,1H3. The Hall–Kier alpha value is -2.19. The maximum absolute atomic E-state index is 4.58. The van der Waals surface area contributed by atoms with Gasteiger partial charge in [-0.2, -0.15) is 0 Å². The first-order chi connectivity index (χ1) is 12.2. The highest BCUT2D eigenvalue weighted by molar-refractivity contribution is 9.09. The largest absolute Gasteiger partial charge is 0.257 e. The molecule has 0 radical (unpaired) electrons. The van der Waals surface area contributed by atoms with Crippen LogP contribution < -0.4 is 0 Å². The molecule has 0 spiro atoms. The maximum Gasteiger partial charge on any atom is 0.0682 e. The van der Waals surface area contributed by atoms with Crippen molar-refractivity contribution in [3.63, 3.8) is 0 Å². The number of benzene rings is 1. The Morgan fingerprint density at radius 3 is 2.84 bits per heavy atom. The van der Waals surface area contributed by atoms with Gasteiger partial charge in [0.15, 0.2) is 0 Å². The molecule has 0 saturated heterocycles. The van der Waals surface area contributed by atoms with Crippen LogP contribution in [0.15, 0.2) is 76.5 Å². The molecule has 1 aromatic carbocycles.